The summed E-state index contributed by atoms with van der Waals surface area (Å²) in [5.41, 5.74) is 7.97. The van der Waals surface area contributed by atoms with Gasteiger partial charge in [0.15, 0.2) is 0 Å². The number of methoxy groups -OCH3 is 1. The van der Waals surface area contributed by atoms with Gasteiger partial charge >= 0.3 is 0 Å². The minimum atomic E-state index is -0.457. The van der Waals surface area contributed by atoms with Crippen molar-refractivity contribution in [2.24, 2.45) is 11.7 Å². The lowest BCUT2D eigenvalue weighted by Crippen LogP contribution is -2.44. The molecular formula is C15H25ClN2O2. The molecule has 0 saturated carbocycles. The first-order valence-electron chi connectivity index (χ1n) is 6.66. The second-order valence-electron chi connectivity index (χ2n) is 4.94. The highest BCUT2D eigenvalue weighted by Gasteiger charge is 2.19. The van der Waals surface area contributed by atoms with Crippen molar-refractivity contribution in [3.05, 3.63) is 29.3 Å². The Morgan fingerprint density at radius 1 is 1.45 bits per heavy atom. The maximum absolute atomic E-state index is 11.9. The number of rotatable bonds is 6. The molecule has 1 amide bonds. The molecule has 0 spiro atoms. The van der Waals surface area contributed by atoms with Crippen LogP contribution in [0.25, 0.3) is 0 Å². The van der Waals surface area contributed by atoms with Crippen LogP contribution in [0.3, 0.4) is 0 Å². The van der Waals surface area contributed by atoms with Gasteiger partial charge in [-0.05, 0) is 24.5 Å². The van der Waals surface area contributed by atoms with Gasteiger partial charge in [-0.1, -0.05) is 32.4 Å². The first-order chi connectivity index (χ1) is 8.99. The van der Waals surface area contributed by atoms with E-state index in [1.807, 2.05) is 39.0 Å². The molecule has 114 valence electrons. The monoisotopic (exact) mass is 300 g/mol. The number of carbonyl (C=O) groups excluding carboxylic acids is 1. The van der Waals surface area contributed by atoms with Gasteiger partial charge in [0.05, 0.1) is 13.2 Å². The molecule has 0 saturated heterocycles. The number of halogens is 1. The number of ether oxygens (including phenoxy) is 1. The van der Waals surface area contributed by atoms with Gasteiger partial charge in [-0.3, -0.25) is 4.79 Å². The summed E-state index contributed by atoms with van der Waals surface area (Å²) in [5, 5.41) is 2.86. The lowest BCUT2D eigenvalue weighted by atomic mass is 9.99. The molecule has 0 fully saturated rings. The number of nitrogens with two attached hydrogens (primary N) is 1. The van der Waals surface area contributed by atoms with Crippen LogP contribution in [0.1, 0.15) is 31.4 Å². The quantitative estimate of drug-likeness (QED) is 0.848. The Bertz CT molecular complexity index is 438. The Balaban J connectivity index is 0.00000361. The maximum atomic E-state index is 11.9. The van der Waals surface area contributed by atoms with E-state index in [0.29, 0.717) is 6.54 Å². The second kappa shape index (κ2) is 8.82. The van der Waals surface area contributed by atoms with E-state index in [-0.39, 0.29) is 24.2 Å². The fraction of sp³-hybridized carbons (Fsp3) is 0.533. The number of hydrogen-bond donors (Lipinski definition) is 2. The normalized spacial score (nSPS) is 13.1. The van der Waals surface area contributed by atoms with E-state index >= 15 is 0 Å². The number of amides is 1. The molecule has 0 heterocycles. The molecule has 4 nitrogen and oxygen atoms in total. The molecule has 3 N–H and O–H groups in total. The zero-order valence-electron chi connectivity index (χ0n) is 12.6. The molecule has 20 heavy (non-hydrogen) atoms. The van der Waals surface area contributed by atoms with E-state index in [2.05, 4.69) is 5.32 Å². The van der Waals surface area contributed by atoms with E-state index in [1.165, 1.54) is 0 Å². The van der Waals surface area contributed by atoms with Crippen molar-refractivity contribution in [1.29, 1.82) is 0 Å². The molecule has 1 aromatic carbocycles. The maximum Gasteiger partial charge on any atom is 0.237 e. The second-order valence-corrected chi connectivity index (χ2v) is 4.94. The van der Waals surface area contributed by atoms with Gasteiger partial charge in [-0.2, -0.15) is 0 Å². The molecule has 0 aliphatic carbocycles. The smallest absolute Gasteiger partial charge is 0.237 e. The van der Waals surface area contributed by atoms with Crippen molar-refractivity contribution in [1.82, 2.24) is 5.32 Å². The molecule has 0 aromatic heterocycles. The van der Waals surface area contributed by atoms with E-state index in [9.17, 15) is 4.79 Å². The van der Waals surface area contributed by atoms with Gasteiger partial charge in [0.25, 0.3) is 0 Å². The van der Waals surface area contributed by atoms with Crippen LogP contribution >= 0.6 is 12.4 Å². The molecule has 5 heteroatoms. The molecule has 2 unspecified atom stereocenters. The number of nitrogens with one attached hydrogen (secondary N) is 1. The third-order valence-corrected chi connectivity index (χ3v) is 3.46. The summed E-state index contributed by atoms with van der Waals surface area (Å²) in [6, 6.07) is 5.46. The Labute approximate surface area is 127 Å². The van der Waals surface area contributed by atoms with Crippen LogP contribution in [0.5, 0.6) is 5.75 Å². The molecule has 0 aliphatic heterocycles. The lowest BCUT2D eigenvalue weighted by molar-refractivity contribution is -0.123. The standard InChI is InChI=1S/C15H24N2O2.ClH/c1-5-11(3)14(16)15(18)17-9-12-7-6-10(2)8-13(12)19-4;/h6-8,11,14H,5,9,16H2,1-4H3,(H,17,18);1H. The first-order valence-corrected chi connectivity index (χ1v) is 6.66. The van der Waals surface area contributed by atoms with Gasteiger partial charge in [0.1, 0.15) is 5.75 Å². The van der Waals surface area contributed by atoms with Crippen LogP contribution in [-0.2, 0) is 11.3 Å². The minimum Gasteiger partial charge on any atom is -0.496 e. The van der Waals surface area contributed by atoms with Gasteiger partial charge in [0, 0.05) is 12.1 Å². The average Bonchev–Trinajstić information content (AvgIpc) is 2.43. The van der Waals surface area contributed by atoms with Crippen molar-refractivity contribution >= 4 is 18.3 Å². The third kappa shape index (κ3) is 5.02. The van der Waals surface area contributed by atoms with E-state index in [1.54, 1.807) is 7.11 Å². The van der Waals surface area contributed by atoms with Crippen LogP contribution in [0.4, 0.5) is 0 Å². The summed E-state index contributed by atoms with van der Waals surface area (Å²) in [4.78, 5) is 11.9. The lowest BCUT2D eigenvalue weighted by Gasteiger charge is -2.18. The van der Waals surface area contributed by atoms with Gasteiger partial charge < -0.3 is 15.8 Å². The number of aryl methyl sites for hydroxylation is 1. The summed E-state index contributed by atoms with van der Waals surface area (Å²) < 4.78 is 5.31. The van der Waals surface area contributed by atoms with Crippen LogP contribution in [0, 0.1) is 12.8 Å². The summed E-state index contributed by atoms with van der Waals surface area (Å²) >= 11 is 0. The fourth-order valence-electron chi connectivity index (χ4n) is 1.81. The van der Waals surface area contributed by atoms with Crippen molar-refractivity contribution in [2.75, 3.05) is 7.11 Å². The number of hydrogen-bond acceptors (Lipinski definition) is 3. The van der Waals surface area contributed by atoms with E-state index in [4.69, 9.17) is 10.5 Å². The summed E-state index contributed by atoms with van der Waals surface area (Å²) in [6.07, 6.45) is 0.891. The minimum absolute atomic E-state index is 0. The molecule has 1 aromatic rings. The van der Waals surface area contributed by atoms with Gasteiger partial charge in [-0.15, -0.1) is 12.4 Å². The molecule has 0 aliphatic rings. The highest BCUT2D eigenvalue weighted by atomic mass is 35.5. The highest BCUT2D eigenvalue weighted by Crippen LogP contribution is 2.19. The van der Waals surface area contributed by atoms with Crippen LogP contribution in [-0.4, -0.2) is 19.1 Å². The molecule has 0 radical (unpaired) electrons. The Morgan fingerprint density at radius 2 is 2.10 bits per heavy atom. The number of benzene rings is 1. The zero-order chi connectivity index (χ0) is 14.4. The van der Waals surface area contributed by atoms with Crippen molar-refractivity contribution in [3.8, 4) is 5.75 Å². The molecule has 0 bridgehead atoms. The average molecular weight is 301 g/mol. The highest BCUT2D eigenvalue weighted by molar-refractivity contribution is 5.85. The Hall–Kier alpha value is -1.26. The Kier molecular flexibility index (Phi) is 8.26. The van der Waals surface area contributed by atoms with E-state index < -0.39 is 6.04 Å². The molecule has 2 atom stereocenters. The fourth-order valence-corrected chi connectivity index (χ4v) is 1.81. The van der Waals surface area contributed by atoms with Gasteiger partial charge in [0.2, 0.25) is 5.91 Å². The molecular weight excluding hydrogens is 276 g/mol. The third-order valence-electron chi connectivity index (χ3n) is 3.46. The van der Waals surface area contributed by atoms with Crippen LogP contribution < -0.4 is 15.8 Å². The largest absolute Gasteiger partial charge is 0.496 e. The molecule has 1 rings (SSSR count). The summed E-state index contributed by atoms with van der Waals surface area (Å²) in [7, 11) is 1.63. The summed E-state index contributed by atoms with van der Waals surface area (Å²) in [5.74, 6) is 0.856. The first kappa shape index (κ1) is 18.7. The van der Waals surface area contributed by atoms with Crippen molar-refractivity contribution < 1.29 is 9.53 Å². The van der Waals surface area contributed by atoms with Crippen molar-refractivity contribution in [2.45, 2.75) is 39.8 Å². The van der Waals surface area contributed by atoms with Crippen LogP contribution in [0.15, 0.2) is 18.2 Å². The SMILES string of the molecule is CCC(C)C(N)C(=O)NCc1ccc(C)cc1OC.Cl. The topological polar surface area (TPSA) is 64.4 Å². The number of carbonyl (C=O) groups is 1. The van der Waals surface area contributed by atoms with Crippen LogP contribution in [0.2, 0.25) is 0 Å². The van der Waals surface area contributed by atoms with Gasteiger partial charge in [-0.25, -0.2) is 0 Å². The predicted molar refractivity (Wildman–Crippen MR) is 84.3 cm³/mol. The zero-order valence-corrected chi connectivity index (χ0v) is 13.4. The predicted octanol–water partition coefficient (Wildman–Crippen LogP) is 2.42. The van der Waals surface area contributed by atoms with Crippen molar-refractivity contribution in [3.63, 3.8) is 0 Å². The van der Waals surface area contributed by atoms with E-state index in [0.717, 1.165) is 23.3 Å². The summed E-state index contributed by atoms with van der Waals surface area (Å²) in [6.45, 7) is 6.45. The Morgan fingerprint density at radius 3 is 2.65 bits per heavy atom.